The Morgan fingerprint density at radius 2 is 1.59 bits per heavy atom. The Morgan fingerprint density at radius 3 is 2.30 bits per heavy atom. The summed E-state index contributed by atoms with van der Waals surface area (Å²) in [5.74, 6) is 0.138. The molecule has 27 heavy (non-hydrogen) atoms. The smallest absolute Gasteiger partial charge is 0.255 e. The third kappa shape index (κ3) is 4.96. The first-order chi connectivity index (χ1) is 13.0. The number of nitrogens with one attached hydrogen (secondary N) is 1. The summed E-state index contributed by atoms with van der Waals surface area (Å²) in [5, 5.41) is 3.39. The van der Waals surface area contributed by atoms with E-state index >= 15 is 0 Å². The fourth-order valence-corrected chi connectivity index (χ4v) is 2.67. The molecule has 0 radical (unpaired) electrons. The normalized spacial score (nSPS) is 11.5. The average molecular weight is 380 g/mol. The Labute approximate surface area is 162 Å². The first-order valence-corrected chi connectivity index (χ1v) is 8.83. The number of hydrogen-bond acceptors (Lipinski definition) is 3. The summed E-state index contributed by atoms with van der Waals surface area (Å²) < 4.78 is 5.75. The Kier molecular flexibility index (Phi) is 5.89. The highest BCUT2D eigenvalue weighted by molar-refractivity contribution is 6.30. The van der Waals surface area contributed by atoms with Crippen LogP contribution in [-0.2, 0) is 0 Å². The van der Waals surface area contributed by atoms with Crippen molar-refractivity contribution in [1.82, 2.24) is 0 Å². The van der Waals surface area contributed by atoms with Gasteiger partial charge in [0.15, 0.2) is 6.10 Å². The van der Waals surface area contributed by atoms with Crippen LogP contribution in [0.15, 0.2) is 78.9 Å². The zero-order valence-electron chi connectivity index (χ0n) is 14.7. The molecule has 0 saturated heterocycles. The van der Waals surface area contributed by atoms with Gasteiger partial charge in [0.05, 0.1) is 0 Å². The molecule has 3 rings (SSSR count). The summed E-state index contributed by atoms with van der Waals surface area (Å²) in [4.78, 5) is 24.7. The Bertz CT molecular complexity index is 939. The number of anilines is 1. The number of carbonyl (C=O) groups excluding carboxylic acids is 2. The van der Waals surface area contributed by atoms with Gasteiger partial charge in [-0.25, -0.2) is 0 Å². The summed E-state index contributed by atoms with van der Waals surface area (Å²) in [5.41, 5.74) is 1.68. The summed E-state index contributed by atoms with van der Waals surface area (Å²) in [6, 6.07) is 22.6. The van der Waals surface area contributed by atoms with Crippen LogP contribution in [-0.4, -0.2) is 17.8 Å². The van der Waals surface area contributed by atoms with E-state index < -0.39 is 6.10 Å². The first kappa shape index (κ1) is 18.7. The lowest BCUT2D eigenvalue weighted by molar-refractivity contribution is 0.0818. The number of hydrogen-bond donors (Lipinski definition) is 1. The van der Waals surface area contributed by atoms with Crippen molar-refractivity contribution in [2.45, 2.75) is 13.0 Å². The molecule has 0 heterocycles. The van der Waals surface area contributed by atoms with Crippen molar-refractivity contribution in [3.63, 3.8) is 0 Å². The molecule has 3 aromatic rings. The maximum Gasteiger partial charge on any atom is 0.255 e. The van der Waals surface area contributed by atoms with E-state index in [1.165, 1.54) is 0 Å². The van der Waals surface area contributed by atoms with Gasteiger partial charge >= 0.3 is 0 Å². The first-order valence-electron chi connectivity index (χ1n) is 8.46. The highest BCUT2D eigenvalue weighted by atomic mass is 35.5. The molecule has 136 valence electrons. The molecule has 0 aliphatic rings. The van der Waals surface area contributed by atoms with Gasteiger partial charge in [0.1, 0.15) is 5.75 Å². The van der Waals surface area contributed by atoms with Crippen molar-refractivity contribution >= 4 is 29.0 Å². The average Bonchev–Trinajstić information content (AvgIpc) is 2.69. The minimum atomic E-state index is -0.675. The van der Waals surface area contributed by atoms with Gasteiger partial charge in [-0.1, -0.05) is 35.9 Å². The lowest BCUT2D eigenvalue weighted by Gasteiger charge is -2.15. The number of rotatable bonds is 6. The quantitative estimate of drug-likeness (QED) is 0.595. The molecule has 1 N–H and O–H groups in total. The van der Waals surface area contributed by atoms with Gasteiger partial charge in [-0.15, -0.1) is 0 Å². The molecule has 3 aromatic carbocycles. The predicted octanol–water partition coefficient (Wildman–Crippen LogP) is 5.24. The van der Waals surface area contributed by atoms with Crippen molar-refractivity contribution < 1.29 is 14.3 Å². The molecule has 0 saturated carbocycles. The van der Waals surface area contributed by atoms with Crippen LogP contribution in [0.25, 0.3) is 0 Å². The van der Waals surface area contributed by atoms with Gasteiger partial charge in [-0.2, -0.15) is 0 Å². The van der Waals surface area contributed by atoms with Crippen LogP contribution in [0.4, 0.5) is 5.69 Å². The summed E-state index contributed by atoms with van der Waals surface area (Å²) >= 11 is 5.85. The topological polar surface area (TPSA) is 55.4 Å². The Balaban J connectivity index is 1.67. The van der Waals surface area contributed by atoms with Crippen LogP contribution in [0.1, 0.15) is 27.6 Å². The zero-order valence-corrected chi connectivity index (χ0v) is 15.4. The maximum atomic E-state index is 12.5. The van der Waals surface area contributed by atoms with Crippen molar-refractivity contribution in [2.24, 2.45) is 0 Å². The molecule has 5 heteroatoms. The predicted molar refractivity (Wildman–Crippen MR) is 107 cm³/mol. The highest BCUT2D eigenvalue weighted by Crippen LogP contribution is 2.21. The number of benzene rings is 3. The van der Waals surface area contributed by atoms with E-state index in [4.69, 9.17) is 16.3 Å². The van der Waals surface area contributed by atoms with E-state index in [2.05, 4.69) is 5.32 Å². The Morgan fingerprint density at radius 1 is 0.889 bits per heavy atom. The van der Waals surface area contributed by atoms with Gasteiger partial charge in [0.25, 0.3) is 5.91 Å². The van der Waals surface area contributed by atoms with Gasteiger partial charge in [0.2, 0.25) is 5.78 Å². The lowest BCUT2D eigenvalue weighted by Crippen LogP contribution is -2.24. The molecule has 0 aliphatic carbocycles. The number of carbonyl (C=O) groups is 2. The fraction of sp³-hybridized carbons (Fsp3) is 0.0909. The monoisotopic (exact) mass is 379 g/mol. The molecule has 1 atom stereocenters. The molecule has 0 aliphatic heterocycles. The van der Waals surface area contributed by atoms with Crippen LogP contribution < -0.4 is 10.1 Å². The van der Waals surface area contributed by atoms with Crippen molar-refractivity contribution in [3.05, 3.63) is 95.0 Å². The lowest BCUT2D eigenvalue weighted by atomic mass is 10.1. The van der Waals surface area contributed by atoms with Crippen LogP contribution in [0, 0.1) is 0 Å². The molecular weight excluding hydrogens is 362 g/mol. The van der Waals surface area contributed by atoms with Gasteiger partial charge in [0, 0.05) is 27.9 Å². The summed E-state index contributed by atoms with van der Waals surface area (Å²) in [6.07, 6.45) is -0.675. The summed E-state index contributed by atoms with van der Waals surface area (Å²) in [7, 11) is 0. The fourth-order valence-electron chi connectivity index (χ4n) is 2.55. The number of ketones is 1. The minimum absolute atomic E-state index is 0.148. The number of Topliss-reactive ketones (excluding diaryl/α,β-unsaturated/α-hetero) is 1. The molecule has 0 fully saturated rings. The van der Waals surface area contributed by atoms with Crippen molar-refractivity contribution in [2.75, 3.05) is 5.32 Å². The maximum absolute atomic E-state index is 12.5. The molecular formula is C22H18ClNO3. The van der Waals surface area contributed by atoms with E-state index in [1.54, 1.807) is 79.7 Å². The number of halogens is 1. The van der Waals surface area contributed by atoms with E-state index in [1.807, 2.05) is 6.07 Å². The molecule has 0 unspecified atom stereocenters. The number of ether oxygens (including phenoxy) is 1. The van der Waals surface area contributed by atoms with Crippen LogP contribution >= 0.6 is 11.6 Å². The van der Waals surface area contributed by atoms with Gasteiger partial charge < -0.3 is 10.1 Å². The van der Waals surface area contributed by atoms with Crippen molar-refractivity contribution in [3.8, 4) is 5.75 Å². The second kappa shape index (κ2) is 8.52. The molecule has 0 aromatic heterocycles. The largest absolute Gasteiger partial charge is 0.482 e. The standard InChI is InChI=1S/C22H18ClNO3/c1-15(21(25)16-10-12-18(23)13-11-16)27-20-9-5-8-19(14-20)24-22(26)17-6-3-2-4-7-17/h2-15H,1H3,(H,24,26)/t15-/m0/s1. The van der Waals surface area contributed by atoms with Crippen LogP contribution in [0.2, 0.25) is 5.02 Å². The van der Waals surface area contributed by atoms with Gasteiger partial charge in [-0.05, 0) is 55.5 Å². The second-order valence-corrected chi connectivity index (χ2v) is 6.42. The third-order valence-electron chi connectivity index (χ3n) is 3.94. The minimum Gasteiger partial charge on any atom is -0.482 e. The SMILES string of the molecule is C[C@H](Oc1cccc(NC(=O)c2ccccc2)c1)C(=O)c1ccc(Cl)cc1. The second-order valence-electron chi connectivity index (χ2n) is 5.98. The molecule has 0 bridgehead atoms. The van der Waals surface area contributed by atoms with Crippen LogP contribution in [0.3, 0.4) is 0 Å². The highest BCUT2D eigenvalue weighted by Gasteiger charge is 2.17. The van der Waals surface area contributed by atoms with E-state index in [0.717, 1.165) is 0 Å². The summed E-state index contributed by atoms with van der Waals surface area (Å²) in [6.45, 7) is 1.69. The molecule has 4 nitrogen and oxygen atoms in total. The van der Waals surface area contributed by atoms with Crippen LogP contribution in [0.5, 0.6) is 5.75 Å². The van der Waals surface area contributed by atoms with E-state index in [-0.39, 0.29) is 11.7 Å². The molecule has 1 amide bonds. The molecule has 0 spiro atoms. The van der Waals surface area contributed by atoms with Gasteiger partial charge in [-0.3, -0.25) is 9.59 Å². The van der Waals surface area contributed by atoms with Crippen molar-refractivity contribution in [1.29, 1.82) is 0 Å². The third-order valence-corrected chi connectivity index (χ3v) is 4.19. The van der Waals surface area contributed by atoms with E-state index in [0.29, 0.717) is 27.6 Å². The number of amides is 1. The van der Waals surface area contributed by atoms with E-state index in [9.17, 15) is 9.59 Å². The Hall–Kier alpha value is -3.11. The zero-order chi connectivity index (χ0) is 19.2.